The summed E-state index contributed by atoms with van der Waals surface area (Å²) in [6.07, 6.45) is 19.8. The van der Waals surface area contributed by atoms with Crippen molar-refractivity contribution in [3.63, 3.8) is 0 Å². The van der Waals surface area contributed by atoms with E-state index < -0.39 is 5.83 Å². The molecule has 1 aromatic rings. The molecule has 0 amide bonds. The number of benzene rings is 1. The quantitative estimate of drug-likeness (QED) is 0.216. The highest BCUT2D eigenvalue weighted by Crippen LogP contribution is 2.44. The van der Waals surface area contributed by atoms with Crippen molar-refractivity contribution in [2.45, 2.75) is 89.9 Å². The largest absolute Gasteiger partial charge is 0.199 e. The lowest BCUT2D eigenvalue weighted by Crippen LogP contribution is -2.22. The molecule has 0 atom stereocenters. The normalized spacial score (nSPS) is 26.7. The average Bonchev–Trinajstić information content (AvgIpc) is 2.84. The minimum Gasteiger partial charge on any atom is -0.195 e. The average molecular weight is 434 g/mol. The first kappa shape index (κ1) is 24.5. The number of aryl methyl sites for hydroxylation is 1. The zero-order valence-corrected chi connectivity index (χ0v) is 19.9. The molecular formula is C30H40FN. The molecule has 0 aromatic heterocycles. The van der Waals surface area contributed by atoms with E-state index >= 15 is 0 Å². The first-order valence-electron chi connectivity index (χ1n) is 12.8. The SMILES string of the molecule is C=C([C@H]1CC[C@H](CC/C=C/C=C(\F)C#N)CC1)[C@H]1CC[C@H](c2ccc(CCC)cc2)CC1. The van der Waals surface area contributed by atoms with E-state index in [0.717, 1.165) is 24.2 Å². The Labute approximate surface area is 195 Å². The summed E-state index contributed by atoms with van der Waals surface area (Å²) in [6, 6.07) is 10.9. The lowest BCUT2D eigenvalue weighted by atomic mass is 9.69. The van der Waals surface area contributed by atoms with Gasteiger partial charge in [0.2, 0.25) is 0 Å². The number of halogens is 1. The Hall–Kier alpha value is -2.14. The topological polar surface area (TPSA) is 23.8 Å². The molecule has 1 nitrogen and oxygen atoms in total. The van der Waals surface area contributed by atoms with Gasteiger partial charge in [-0.1, -0.05) is 61.9 Å². The summed E-state index contributed by atoms with van der Waals surface area (Å²) >= 11 is 0. The fourth-order valence-electron chi connectivity index (χ4n) is 5.82. The van der Waals surface area contributed by atoms with Crippen LogP contribution in [0.5, 0.6) is 0 Å². The summed E-state index contributed by atoms with van der Waals surface area (Å²) in [7, 11) is 0. The van der Waals surface area contributed by atoms with Crippen molar-refractivity contribution in [3.8, 4) is 6.07 Å². The second-order valence-electron chi connectivity index (χ2n) is 9.96. The van der Waals surface area contributed by atoms with Crippen LogP contribution >= 0.6 is 0 Å². The minimum atomic E-state index is -0.723. The van der Waals surface area contributed by atoms with E-state index in [4.69, 9.17) is 5.26 Å². The van der Waals surface area contributed by atoms with Crippen molar-refractivity contribution >= 4 is 0 Å². The number of hydrogen-bond donors (Lipinski definition) is 0. The van der Waals surface area contributed by atoms with Gasteiger partial charge in [-0.3, -0.25) is 0 Å². The third-order valence-electron chi connectivity index (χ3n) is 7.84. The molecule has 32 heavy (non-hydrogen) atoms. The maximum absolute atomic E-state index is 12.8. The fraction of sp³-hybridized carbons (Fsp3) is 0.567. The van der Waals surface area contributed by atoms with Gasteiger partial charge in [-0.05, 0) is 112 Å². The van der Waals surface area contributed by atoms with Crippen LogP contribution in [0.25, 0.3) is 0 Å². The molecule has 0 bridgehead atoms. The molecule has 0 saturated heterocycles. The molecule has 2 fully saturated rings. The van der Waals surface area contributed by atoms with Crippen LogP contribution in [-0.4, -0.2) is 0 Å². The van der Waals surface area contributed by atoms with E-state index in [-0.39, 0.29) is 0 Å². The van der Waals surface area contributed by atoms with E-state index in [1.54, 1.807) is 6.08 Å². The fourth-order valence-corrected chi connectivity index (χ4v) is 5.82. The summed E-state index contributed by atoms with van der Waals surface area (Å²) in [6.45, 7) is 6.83. The summed E-state index contributed by atoms with van der Waals surface area (Å²) < 4.78 is 12.8. The summed E-state index contributed by atoms with van der Waals surface area (Å²) in [5.41, 5.74) is 4.54. The molecule has 2 aliphatic carbocycles. The van der Waals surface area contributed by atoms with Gasteiger partial charge in [0.25, 0.3) is 0 Å². The maximum atomic E-state index is 12.8. The molecule has 2 aliphatic rings. The Morgan fingerprint density at radius 2 is 1.66 bits per heavy atom. The lowest BCUT2D eigenvalue weighted by Gasteiger charge is -2.36. The van der Waals surface area contributed by atoms with Gasteiger partial charge in [0, 0.05) is 0 Å². The van der Waals surface area contributed by atoms with Crippen molar-refractivity contribution in [1.29, 1.82) is 5.26 Å². The van der Waals surface area contributed by atoms with Gasteiger partial charge in [-0.15, -0.1) is 0 Å². The Kier molecular flexibility index (Phi) is 9.79. The van der Waals surface area contributed by atoms with Crippen LogP contribution in [0, 0.1) is 29.1 Å². The van der Waals surface area contributed by atoms with E-state index in [1.807, 2.05) is 6.08 Å². The van der Waals surface area contributed by atoms with Gasteiger partial charge in [-0.25, -0.2) is 0 Å². The molecule has 2 heteroatoms. The third kappa shape index (κ3) is 7.19. The minimum absolute atomic E-state index is 0.712. The van der Waals surface area contributed by atoms with Crippen molar-refractivity contribution in [3.05, 3.63) is 71.6 Å². The number of nitriles is 1. The van der Waals surface area contributed by atoms with Crippen molar-refractivity contribution in [2.24, 2.45) is 17.8 Å². The standard InChI is InChI=1S/C30H40FN/c1-3-7-24-12-16-28(17-13-24)29-20-18-27(19-21-29)23(2)26-14-10-25(11-15-26)8-5-4-6-9-30(31)22-32/h4,6,9,12-13,16-17,25-27,29H,2-3,5,7-8,10-11,14-15,18-21H2,1H3/b6-4+,30-9-/t25-,26-,27-,29-. The van der Waals surface area contributed by atoms with Gasteiger partial charge in [-0.2, -0.15) is 9.65 Å². The van der Waals surface area contributed by atoms with Crippen LogP contribution in [-0.2, 0) is 6.42 Å². The van der Waals surface area contributed by atoms with Crippen LogP contribution < -0.4 is 0 Å². The van der Waals surface area contributed by atoms with E-state index in [2.05, 4.69) is 37.8 Å². The van der Waals surface area contributed by atoms with E-state index in [0.29, 0.717) is 5.92 Å². The molecule has 0 aliphatic heterocycles. The van der Waals surface area contributed by atoms with Crippen LogP contribution in [0.4, 0.5) is 4.39 Å². The van der Waals surface area contributed by atoms with Crippen LogP contribution in [0.3, 0.4) is 0 Å². The Morgan fingerprint density at radius 3 is 2.25 bits per heavy atom. The first-order valence-corrected chi connectivity index (χ1v) is 12.8. The number of rotatable bonds is 9. The van der Waals surface area contributed by atoms with E-state index in [1.165, 1.54) is 99.5 Å². The summed E-state index contributed by atoms with van der Waals surface area (Å²) in [5.74, 6) is 2.22. The zero-order chi connectivity index (χ0) is 22.8. The summed E-state index contributed by atoms with van der Waals surface area (Å²) in [4.78, 5) is 0. The van der Waals surface area contributed by atoms with Gasteiger partial charge in [0.05, 0.1) is 0 Å². The van der Waals surface area contributed by atoms with Gasteiger partial charge >= 0.3 is 0 Å². The number of nitrogens with zero attached hydrogens (tertiary/aromatic N) is 1. The molecular weight excluding hydrogens is 393 g/mol. The highest BCUT2D eigenvalue weighted by atomic mass is 19.1. The maximum Gasteiger partial charge on any atom is 0.199 e. The predicted molar refractivity (Wildman–Crippen MR) is 133 cm³/mol. The molecule has 0 N–H and O–H groups in total. The zero-order valence-electron chi connectivity index (χ0n) is 19.9. The first-order chi connectivity index (χ1) is 15.6. The van der Waals surface area contributed by atoms with Crippen molar-refractivity contribution < 1.29 is 4.39 Å². The molecule has 3 rings (SSSR count). The monoisotopic (exact) mass is 433 g/mol. The van der Waals surface area contributed by atoms with Crippen molar-refractivity contribution in [1.82, 2.24) is 0 Å². The number of allylic oxidation sites excluding steroid dienone is 5. The molecule has 0 unspecified atom stereocenters. The Morgan fingerprint density at radius 1 is 1.03 bits per heavy atom. The van der Waals surface area contributed by atoms with Crippen molar-refractivity contribution in [2.75, 3.05) is 0 Å². The number of hydrogen-bond acceptors (Lipinski definition) is 1. The third-order valence-corrected chi connectivity index (χ3v) is 7.84. The second-order valence-corrected chi connectivity index (χ2v) is 9.96. The van der Waals surface area contributed by atoms with Gasteiger partial charge in [0.15, 0.2) is 5.83 Å². The van der Waals surface area contributed by atoms with E-state index in [9.17, 15) is 4.39 Å². The molecule has 2 saturated carbocycles. The predicted octanol–water partition coefficient (Wildman–Crippen LogP) is 8.99. The molecule has 0 radical (unpaired) electrons. The molecule has 1 aromatic carbocycles. The highest BCUT2D eigenvalue weighted by Gasteiger charge is 2.29. The molecule has 172 valence electrons. The van der Waals surface area contributed by atoms with Gasteiger partial charge in [0.1, 0.15) is 6.07 Å². The van der Waals surface area contributed by atoms with Crippen LogP contribution in [0.2, 0.25) is 0 Å². The second kappa shape index (κ2) is 12.8. The Bertz CT molecular complexity index is 809. The Balaban J connectivity index is 1.37. The molecule has 0 heterocycles. The molecule has 0 spiro atoms. The lowest BCUT2D eigenvalue weighted by molar-refractivity contribution is 0.260. The van der Waals surface area contributed by atoms with Crippen LogP contribution in [0.1, 0.15) is 94.6 Å². The van der Waals surface area contributed by atoms with Gasteiger partial charge < -0.3 is 0 Å². The van der Waals surface area contributed by atoms with Crippen LogP contribution in [0.15, 0.2) is 60.5 Å². The summed E-state index contributed by atoms with van der Waals surface area (Å²) in [5, 5.41) is 8.42. The smallest absolute Gasteiger partial charge is 0.195 e. The highest BCUT2D eigenvalue weighted by molar-refractivity contribution is 5.26.